The van der Waals surface area contributed by atoms with Gasteiger partial charge in [0, 0.05) is 22.7 Å². The van der Waals surface area contributed by atoms with Gasteiger partial charge in [0.15, 0.2) is 5.84 Å². The number of amidine groups is 1. The second-order valence-corrected chi connectivity index (χ2v) is 5.68. The molecule has 1 aliphatic rings. The Hall–Kier alpha value is -2.70. The summed E-state index contributed by atoms with van der Waals surface area (Å²) >= 11 is 6.13. The lowest BCUT2D eigenvalue weighted by molar-refractivity contribution is -0.118. The van der Waals surface area contributed by atoms with Gasteiger partial charge in [-0.25, -0.2) is 15.5 Å². The minimum Gasteiger partial charge on any atom is -0.288 e. The maximum Gasteiger partial charge on any atom is 0.237 e. The van der Waals surface area contributed by atoms with Gasteiger partial charge >= 0.3 is 0 Å². The van der Waals surface area contributed by atoms with Crippen LogP contribution in [0.1, 0.15) is 12.5 Å². The number of rotatable bonds is 2. The number of hydrazone groups is 1. The molecule has 7 heteroatoms. The van der Waals surface area contributed by atoms with Crippen LogP contribution in [0, 0.1) is 0 Å². The minimum atomic E-state index is -0.310. The summed E-state index contributed by atoms with van der Waals surface area (Å²) in [6.45, 7) is 1.38. The van der Waals surface area contributed by atoms with Gasteiger partial charge in [0.25, 0.3) is 0 Å². The molecule has 2 N–H and O–H groups in total. The van der Waals surface area contributed by atoms with Crippen molar-refractivity contribution >= 4 is 29.0 Å². The summed E-state index contributed by atoms with van der Waals surface area (Å²) in [6, 6.07) is 14.7. The molecule has 2 aromatic rings. The van der Waals surface area contributed by atoms with Crippen molar-refractivity contribution in [2.24, 2.45) is 10.1 Å². The molecule has 0 saturated heterocycles. The van der Waals surface area contributed by atoms with E-state index in [2.05, 4.69) is 15.5 Å². The summed E-state index contributed by atoms with van der Waals surface area (Å²) < 4.78 is 0. The predicted octanol–water partition coefficient (Wildman–Crippen LogP) is 1.27. The minimum absolute atomic E-state index is 0.0246. The molecule has 3 rings (SSSR count). The second-order valence-electron chi connectivity index (χ2n) is 5.24. The Morgan fingerprint density at radius 2 is 2.04 bits per heavy atom. The number of hydrogen-bond donors (Lipinski definition) is 2. The molecule has 0 aliphatic carbocycles. The van der Waals surface area contributed by atoms with E-state index in [0.717, 1.165) is 10.6 Å². The Bertz CT molecular complexity index is 925. The van der Waals surface area contributed by atoms with Crippen LogP contribution in [0.2, 0.25) is 5.02 Å². The molecule has 122 valence electrons. The molecular formula is C17H15ClN4O2. The largest absolute Gasteiger partial charge is 0.288 e. The van der Waals surface area contributed by atoms with E-state index in [9.17, 15) is 10.0 Å². The molecule has 1 amide bonds. The number of nitrogens with zero attached hydrogens (tertiary/aromatic N) is 3. The van der Waals surface area contributed by atoms with E-state index in [-0.39, 0.29) is 18.3 Å². The molecule has 0 bridgehead atoms. The molecule has 0 atom stereocenters. The molecule has 0 spiro atoms. The lowest BCUT2D eigenvalue weighted by Crippen LogP contribution is -2.32. The smallest absolute Gasteiger partial charge is 0.237 e. The standard InChI is InChI=1S/C17H15ClN4O2/c1-11(23)20-21-16-10-22(24)17(12-5-3-2-4-6-12)14-9-13(18)7-8-15(14)19-16/h2-9,24H,10H2,1H3,(H,20,23)/b21-16-. The first-order valence-corrected chi connectivity index (χ1v) is 7.66. The summed E-state index contributed by atoms with van der Waals surface area (Å²) in [6.07, 6.45) is 0. The van der Waals surface area contributed by atoms with E-state index in [0.29, 0.717) is 21.3 Å². The maximum atomic E-state index is 11.1. The van der Waals surface area contributed by atoms with Crippen LogP contribution in [0.15, 0.2) is 58.6 Å². The van der Waals surface area contributed by atoms with Crippen LogP contribution in [0.4, 0.5) is 0 Å². The SMILES string of the molecule is CC(=O)N/N=C1/CN(O)C(c2ccccc2)=c2cc(Cl)ccc2=N1. The van der Waals surface area contributed by atoms with Gasteiger partial charge < -0.3 is 0 Å². The molecule has 24 heavy (non-hydrogen) atoms. The zero-order valence-electron chi connectivity index (χ0n) is 12.9. The number of hydroxylamine groups is 2. The molecular weight excluding hydrogens is 328 g/mol. The number of fused-ring (bicyclic) bond motifs is 1. The highest BCUT2D eigenvalue weighted by atomic mass is 35.5. The molecule has 0 radical (unpaired) electrons. The third kappa shape index (κ3) is 3.45. The van der Waals surface area contributed by atoms with Crippen molar-refractivity contribution < 1.29 is 10.0 Å². The van der Waals surface area contributed by atoms with E-state index < -0.39 is 0 Å². The summed E-state index contributed by atoms with van der Waals surface area (Å²) in [5.74, 6) is -0.0303. The summed E-state index contributed by atoms with van der Waals surface area (Å²) in [4.78, 5) is 15.5. The Morgan fingerprint density at radius 3 is 2.75 bits per heavy atom. The molecule has 0 unspecified atom stereocenters. The molecule has 1 aliphatic heterocycles. The van der Waals surface area contributed by atoms with Gasteiger partial charge in [-0.15, -0.1) is 0 Å². The van der Waals surface area contributed by atoms with Crippen LogP contribution in [0.3, 0.4) is 0 Å². The van der Waals surface area contributed by atoms with Gasteiger partial charge in [0.05, 0.1) is 11.1 Å². The lowest BCUT2D eigenvalue weighted by Gasteiger charge is -2.19. The maximum absolute atomic E-state index is 11.1. The fraction of sp³-hybridized carbons (Fsp3) is 0.118. The van der Waals surface area contributed by atoms with E-state index in [1.807, 2.05) is 30.3 Å². The average molecular weight is 343 g/mol. The van der Waals surface area contributed by atoms with Crippen LogP contribution < -0.4 is 16.0 Å². The molecule has 2 aromatic carbocycles. The predicted molar refractivity (Wildman–Crippen MR) is 90.9 cm³/mol. The lowest BCUT2D eigenvalue weighted by atomic mass is 10.1. The van der Waals surface area contributed by atoms with Crippen molar-refractivity contribution in [3.8, 4) is 0 Å². The monoisotopic (exact) mass is 342 g/mol. The number of hydrogen-bond acceptors (Lipinski definition) is 4. The fourth-order valence-corrected chi connectivity index (χ4v) is 2.60. The highest BCUT2D eigenvalue weighted by Crippen LogP contribution is 2.15. The van der Waals surface area contributed by atoms with E-state index in [1.54, 1.807) is 18.2 Å². The molecule has 1 heterocycles. The Morgan fingerprint density at radius 1 is 1.29 bits per heavy atom. The van der Waals surface area contributed by atoms with Crippen LogP contribution >= 0.6 is 11.6 Å². The number of halogens is 1. The van der Waals surface area contributed by atoms with Crippen molar-refractivity contribution in [1.29, 1.82) is 0 Å². The highest BCUT2D eigenvalue weighted by Gasteiger charge is 2.17. The summed E-state index contributed by atoms with van der Waals surface area (Å²) in [5, 5.41) is 17.4. The number of benzene rings is 2. The topological polar surface area (TPSA) is 77.3 Å². The first kappa shape index (κ1) is 16.2. The Labute approximate surface area is 143 Å². The average Bonchev–Trinajstić information content (AvgIpc) is 2.69. The second kappa shape index (κ2) is 6.82. The van der Waals surface area contributed by atoms with E-state index in [1.165, 1.54) is 6.92 Å². The van der Waals surface area contributed by atoms with E-state index in [4.69, 9.17) is 11.6 Å². The van der Waals surface area contributed by atoms with Crippen molar-refractivity contribution in [3.05, 3.63) is 69.7 Å². The quantitative estimate of drug-likeness (QED) is 0.807. The van der Waals surface area contributed by atoms with Gasteiger partial charge in [0.1, 0.15) is 6.54 Å². The van der Waals surface area contributed by atoms with Crippen molar-refractivity contribution in [3.63, 3.8) is 0 Å². The fourth-order valence-electron chi connectivity index (χ4n) is 2.43. The Balaban J connectivity index is 2.27. The zero-order valence-corrected chi connectivity index (χ0v) is 13.7. The summed E-state index contributed by atoms with van der Waals surface area (Å²) in [7, 11) is 0. The molecule has 0 aromatic heterocycles. The normalized spacial score (nSPS) is 15.5. The molecule has 0 saturated carbocycles. The number of nitrogens with one attached hydrogen (secondary N) is 1. The third-order valence-corrected chi connectivity index (χ3v) is 3.64. The van der Waals surface area contributed by atoms with Gasteiger partial charge in [-0.1, -0.05) is 41.9 Å². The van der Waals surface area contributed by atoms with Crippen LogP contribution in [0.25, 0.3) is 5.70 Å². The molecule has 0 fully saturated rings. The number of carbonyl (C=O) groups excluding carboxylic acids is 1. The van der Waals surface area contributed by atoms with Crippen LogP contribution in [0.5, 0.6) is 0 Å². The van der Waals surface area contributed by atoms with Gasteiger partial charge in [-0.3, -0.25) is 10.0 Å². The van der Waals surface area contributed by atoms with Crippen LogP contribution in [-0.2, 0) is 4.79 Å². The van der Waals surface area contributed by atoms with Crippen molar-refractivity contribution in [2.45, 2.75) is 6.92 Å². The van der Waals surface area contributed by atoms with Crippen molar-refractivity contribution in [1.82, 2.24) is 10.5 Å². The highest BCUT2D eigenvalue weighted by molar-refractivity contribution is 6.30. The Kier molecular flexibility index (Phi) is 4.59. The summed E-state index contributed by atoms with van der Waals surface area (Å²) in [5.41, 5.74) is 3.74. The molecule has 6 nitrogen and oxygen atoms in total. The van der Waals surface area contributed by atoms with E-state index >= 15 is 0 Å². The van der Waals surface area contributed by atoms with Gasteiger partial charge in [0.2, 0.25) is 5.91 Å². The van der Waals surface area contributed by atoms with Crippen LogP contribution in [-0.4, -0.2) is 28.6 Å². The number of carbonyl (C=O) groups is 1. The van der Waals surface area contributed by atoms with Gasteiger partial charge in [-0.2, -0.15) is 5.10 Å². The first-order chi connectivity index (χ1) is 11.5. The third-order valence-electron chi connectivity index (χ3n) is 3.40. The zero-order chi connectivity index (χ0) is 17.1. The van der Waals surface area contributed by atoms with Gasteiger partial charge in [-0.05, 0) is 18.2 Å². The van der Waals surface area contributed by atoms with Crippen molar-refractivity contribution in [2.75, 3.05) is 6.54 Å². The number of amides is 1. The first-order valence-electron chi connectivity index (χ1n) is 7.28.